The lowest BCUT2D eigenvalue weighted by molar-refractivity contribution is -0.127. The highest BCUT2D eigenvalue weighted by Gasteiger charge is 2.29. The van der Waals surface area contributed by atoms with Gasteiger partial charge < -0.3 is 9.26 Å². The standard InChI is InChI=1S/C14H13FN2O3/c15-10-3-1-2-9(6-10)7-13-16-14(20-17-13)11-8-19-5-4-12(11)18/h1-3,6,11H,4-5,7-8H2. The van der Waals surface area contributed by atoms with Crippen LogP contribution in [-0.2, 0) is 16.0 Å². The summed E-state index contributed by atoms with van der Waals surface area (Å²) in [6.07, 6.45) is 0.731. The van der Waals surface area contributed by atoms with E-state index in [-0.39, 0.29) is 24.1 Å². The number of carbonyl (C=O) groups excluding carboxylic acids is 1. The van der Waals surface area contributed by atoms with E-state index in [9.17, 15) is 9.18 Å². The summed E-state index contributed by atoms with van der Waals surface area (Å²) in [5.41, 5.74) is 0.753. The number of carbonyl (C=O) groups is 1. The molecule has 1 aromatic carbocycles. The molecule has 1 saturated heterocycles. The fourth-order valence-electron chi connectivity index (χ4n) is 2.16. The maximum atomic E-state index is 13.1. The Kier molecular flexibility index (Phi) is 3.56. The summed E-state index contributed by atoms with van der Waals surface area (Å²) >= 11 is 0. The van der Waals surface area contributed by atoms with Crippen molar-refractivity contribution in [2.24, 2.45) is 0 Å². The highest BCUT2D eigenvalue weighted by molar-refractivity contribution is 5.85. The van der Waals surface area contributed by atoms with Gasteiger partial charge in [0, 0.05) is 12.8 Å². The Labute approximate surface area is 114 Å². The molecule has 0 N–H and O–H groups in total. The van der Waals surface area contributed by atoms with Crippen LogP contribution in [0.3, 0.4) is 0 Å². The summed E-state index contributed by atoms with van der Waals surface area (Å²) in [6.45, 7) is 0.722. The number of aromatic nitrogens is 2. The number of halogens is 1. The van der Waals surface area contributed by atoms with Crippen molar-refractivity contribution >= 4 is 5.78 Å². The van der Waals surface area contributed by atoms with Gasteiger partial charge in [0.1, 0.15) is 17.5 Å². The van der Waals surface area contributed by atoms with E-state index < -0.39 is 5.92 Å². The van der Waals surface area contributed by atoms with Gasteiger partial charge >= 0.3 is 0 Å². The van der Waals surface area contributed by atoms with Crippen LogP contribution in [0.15, 0.2) is 28.8 Å². The minimum absolute atomic E-state index is 0.0530. The van der Waals surface area contributed by atoms with Crippen molar-refractivity contribution in [1.29, 1.82) is 0 Å². The maximum Gasteiger partial charge on any atom is 0.239 e. The van der Waals surface area contributed by atoms with Crippen molar-refractivity contribution in [2.45, 2.75) is 18.8 Å². The molecule has 0 spiro atoms. The van der Waals surface area contributed by atoms with E-state index in [1.807, 2.05) is 0 Å². The van der Waals surface area contributed by atoms with Gasteiger partial charge in [-0.05, 0) is 17.7 Å². The van der Waals surface area contributed by atoms with Crippen molar-refractivity contribution < 1.29 is 18.4 Å². The summed E-state index contributed by atoms with van der Waals surface area (Å²) in [5, 5.41) is 3.83. The lowest BCUT2D eigenvalue weighted by Gasteiger charge is -2.17. The van der Waals surface area contributed by atoms with Crippen LogP contribution in [0.1, 0.15) is 29.6 Å². The monoisotopic (exact) mass is 276 g/mol. The van der Waals surface area contributed by atoms with E-state index in [1.54, 1.807) is 12.1 Å². The Morgan fingerprint density at radius 3 is 3.10 bits per heavy atom. The molecule has 6 heteroatoms. The molecule has 2 aromatic rings. The summed E-state index contributed by atoms with van der Waals surface area (Å²) in [7, 11) is 0. The number of Topliss-reactive ketones (excluding diaryl/α,β-unsaturated/α-hetero) is 1. The van der Waals surface area contributed by atoms with E-state index in [0.29, 0.717) is 25.3 Å². The summed E-state index contributed by atoms with van der Waals surface area (Å²) in [4.78, 5) is 16.0. The van der Waals surface area contributed by atoms with Gasteiger partial charge in [-0.25, -0.2) is 4.39 Å². The van der Waals surface area contributed by atoms with Crippen LogP contribution in [-0.4, -0.2) is 29.1 Å². The molecule has 1 atom stereocenters. The minimum atomic E-state index is -0.475. The number of hydrogen-bond acceptors (Lipinski definition) is 5. The zero-order valence-electron chi connectivity index (χ0n) is 10.7. The molecule has 104 valence electrons. The molecule has 1 aliphatic rings. The van der Waals surface area contributed by atoms with Crippen LogP contribution in [0.25, 0.3) is 0 Å². The highest BCUT2D eigenvalue weighted by Crippen LogP contribution is 2.21. The lowest BCUT2D eigenvalue weighted by atomic mass is 10.0. The molecule has 1 unspecified atom stereocenters. The van der Waals surface area contributed by atoms with Crippen molar-refractivity contribution in [2.75, 3.05) is 13.2 Å². The second kappa shape index (κ2) is 5.50. The molecule has 0 saturated carbocycles. The topological polar surface area (TPSA) is 65.2 Å². The number of benzene rings is 1. The summed E-state index contributed by atoms with van der Waals surface area (Å²) < 4.78 is 23.5. The van der Waals surface area contributed by atoms with Crippen LogP contribution >= 0.6 is 0 Å². The van der Waals surface area contributed by atoms with Gasteiger partial charge in [0.15, 0.2) is 5.82 Å². The SMILES string of the molecule is O=C1CCOCC1c1nc(Cc2cccc(F)c2)no1. The first kappa shape index (κ1) is 12.9. The smallest absolute Gasteiger partial charge is 0.239 e. The summed E-state index contributed by atoms with van der Waals surface area (Å²) in [6, 6.07) is 6.21. The van der Waals surface area contributed by atoms with Gasteiger partial charge in [-0.3, -0.25) is 4.79 Å². The highest BCUT2D eigenvalue weighted by atomic mass is 19.1. The second-order valence-electron chi connectivity index (χ2n) is 4.70. The Bertz CT molecular complexity index is 626. The quantitative estimate of drug-likeness (QED) is 0.856. The Morgan fingerprint density at radius 1 is 1.40 bits per heavy atom. The first-order chi connectivity index (χ1) is 9.72. The normalized spacial score (nSPS) is 19.2. The zero-order chi connectivity index (χ0) is 13.9. The van der Waals surface area contributed by atoms with E-state index in [4.69, 9.17) is 9.26 Å². The van der Waals surface area contributed by atoms with E-state index in [1.165, 1.54) is 12.1 Å². The van der Waals surface area contributed by atoms with Gasteiger partial charge in [0.25, 0.3) is 0 Å². The summed E-state index contributed by atoms with van der Waals surface area (Å²) in [5.74, 6) is -0.0122. The van der Waals surface area contributed by atoms with Crippen molar-refractivity contribution in [3.63, 3.8) is 0 Å². The maximum absolute atomic E-state index is 13.1. The molecular weight excluding hydrogens is 263 g/mol. The third-order valence-corrected chi connectivity index (χ3v) is 3.20. The van der Waals surface area contributed by atoms with Crippen LogP contribution in [0.5, 0.6) is 0 Å². The molecule has 0 radical (unpaired) electrons. The largest absolute Gasteiger partial charge is 0.380 e. The molecule has 0 amide bonds. The van der Waals surface area contributed by atoms with Gasteiger partial charge in [0.2, 0.25) is 5.89 Å². The number of hydrogen-bond donors (Lipinski definition) is 0. The van der Waals surface area contributed by atoms with E-state index in [0.717, 1.165) is 5.56 Å². The third-order valence-electron chi connectivity index (χ3n) is 3.20. The van der Waals surface area contributed by atoms with Crippen molar-refractivity contribution in [3.8, 4) is 0 Å². The number of ether oxygens (including phenoxy) is 1. The van der Waals surface area contributed by atoms with Gasteiger partial charge in [-0.15, -0.1) is 0 Å². The second-order valence-corrected chi connectivity index (χ2v) is 4.70. The van der Waals surface area contributed by atoms with Gasteiger partial charge in [-0.2, -0.15) is 4.98 Å². The molecule has 3 rings (SSSR count). The lowest BCUT2D eigenvalue weighted by Crippen LogP contribution is -2.25. The Morgan fingerprint density at radius 2 is 2.30 bits per heavy atom. The number of nitrogens with zero attached hydrogens (tertiary/aromatic N) is 2. The molecule has 0 bridgehead atoms. The molecule has 1 aromatic heterocycles. The average Bonchev–Trinajstić information content (AvgIpc) is 2.87. The molecule has 0 aliphatic carbocycles. The van der Waals surface area contributed by atoms with E-state index in [2.05, 4.69) is 10.1 Å². The predicted molar refractivity (Wildman–Crippen MR) is 66.7 cm³/mol. The Hall–Kier alpha value is -2.08. The zero-order valence-corrected chi connectivity index (χ0v) is 10.7. The fraction of sp³-hybridized carbons (Fsp3) is 0.357. The van der Waals surface area contributed by atoms with Gasteiger partial charge in [0.05, 0.1) is 13.2 Å². The van der Waals surface area contributed by atoms with Gasteiger partial charge in [-0.1, -0.05) is 17.3 Å². The third kappa shape index (κ3) is 2.75. The van der Waals surface area contributed by atoms with E-state index >= 15 is 0 Å². The molecule has 5 nitrogen and oxygen atoms in total. The number of rotatable bonds is 3. The predicted octanol–water partition coefficient (Wildman–Crippen LogP) is 1.87. The van der Waals surface area contributed by atoms with Crippen LogP contribution < -0.4 is 0 Å². The molecule has 2 heterocycles. The molecule has 1 fully saturated rings. The average molecular weight is 276 g/mol. The van der Waals surface area contributed by atoms with Crippen molar-refractivity contribution in [1.82, 2.24) is 10.1 Å². The van der Waals surface area contributed by atoms with Crippen molar-refractivity contribution in [3.05, 3.63) is 47.4 Å². The molecule has 1 aliphatic heterocycles. The van der Waals surface area contributed by atoms with Crippen LogP contribution in [0.2, 0.25) is 0 Å². The number of ketones is 1. The molecular formula is C14H13FN2O3. The van der Waals surface area contributed by atoms with Crippen LogP contribution in [0, 0.1) is 5.82 Å². The first-order valence-electron chi connectivity index (χ1n) is 6.40. The Balaban J connectivity index is 1.75. The molecule has 20 heavy (non-hydrogen) atoms. The minimum Gasteiger partial charge on any atom is -0.380 e. The first-order valence-corrected chi connectivity index (χ1v) is 6.40. The fourth-order valence-corrected chi connectivity index (χ4v) is 2.16. The van der Waals surface area contributed by atoms with Crippen LogP contribution in [0.4, 0.5) is 4.39 Å².